The Labute approximate surface area is 84.4 Å². The average molecular weight is 201 g/mol. The van der Waals surface area contributed by atoms with E-state index in [1.54, 1.807) is 6.92 Å². The highest BCUT2D eigenvalue weighted by Crippen LogP contribution is 1.84. The van der Waals surface area contributed by atoms with Crippen LogP contribution in [0.2, 0.25) is 0 Å². The van der Waals surface area contributed by atoms with Gasteiger partial charge in [0.25, 0.3) is 0 Å². The Morgan fingerprint density at radius 1 is 1.36 bits per heavy atom. The van der Waals surface area contributed by atoms with Gasteiger partial charge in [-0.3, -0.25) is 9.59 Å². The van der Waals surface area contributed by atoms with Gasteiger partial charge in [0.1, 0.15) is 0 Å². The van der Waals surface area contributed by atoms with Crippen molar-refractivity contribution in [2.24, 2.45) is 5.73 Å². The first-order valence-electron chi connectivity index (χ1n) is 4.87. The van der Waals surface area contributed by atoms with Gasteiger partial charge >= 0.3 is 0 Å². The normalized spacial score (nSPS) is 12.1. The highest BCUT2D eigenvalue weighted by molar-refractivity contribution is 5.81. The average Bonchev–Trinajstić information content (AvgIpc) is 2.13. The highest BCUT2D eigenvalue weighted by Gasteiger charge is 2.10. The molecule has 0 rings (SSSR count). The molecule has 0 bridgehead atoms. The summed E-state index contributed by atoms with van der Waals surface area (Å²) in [6.45, 7) is 4.87. The summed E-state index contributed by atoms with van der Waals surface area (Å²) in [7, 11) is 0. The van der Waals surface area contributed by atoms with Crippen LogP contribution in [0.5, 0.6) is 0 Å². The minimum atomic E-state index is -0.362. The Balaban J connectivity index is 3.56. The van der Waals surface area contributed by atoms with E-state index in [2.05, 4.69) is 10.6 Å². The second-order valence-electron chi connectivity index (χ2n) is 3.18. The lowest BCUT2D eigenvalue weighted by atomic mass is 10.3. The van der Waals surface area contributed by atoms with Gasteiger partial charge in [-0.05, 0) is 13.3 Å². The second-order valence-corrected chi connectivity index (χ2v) is 3.18. The predicted molar refractivity (Wildman–Crippen MR) is 54.6 cm³/mol. The van der Waals surface area contributed by atoms with Crippen molar-refractivity contribution in [1.29, 1.82) is 0 Å². The van der Waals surface area contributed by atoms with Gasteiger partial charge in [0.15, 0.2) is 0 Å². The van der Waals surface area contributed by atoms with Crippen molar-refractivity contribution in [3.05, 3.63) is 0 Å². The SMILES string of the molecule is CCCNC(=O)C(C)NCCC(N)=O. The molecule has 0 spiro atoms. The molecule has 0 aliphatic rings. The van der Waals surface area contributed by atoms with Crippen molar-refractivity contribution in [3.63, 3.8) is 0 Å². The molecule has 0 aliphatic heterocycles. The van der Waals surface area contributed by atoms with Gasteiger partial charge in [0.05, 0.1) is 6.04 Å². The zero-order chi connectivity index (χ0) is 11.0. The first-order chi connectivity index (χ1) is 6.57. The molecule has 14 heavy (non-hydrogen) atoms. The fourth-order valence-corrected chi connectivity index (χ4v) is 0.906. The molecule has 4 N–H and O–H groups in total. The van der Waals surface area contributed by atoms with Crippen LogP contribution >= 0.6 is 0 Å². The van der Waals surface area contributed by atoms with Crippen molar-refractivity contribution < 1.29 is 9.59 Å². The number of amides is 2. The number of carbonyl (C=O) groups is 2. The minimum Gasteiger partial charge on any atom is -0.370 e. The van der Waals surface area contributed by atoms with Gasteiger partial charge in [-0.25, -0.2) is 0 Å². The molecule has 0 heterocycles. The minimum absolute atomic E-state index is 0.0451. The zero-order valence-electron chi connectivity index (χ0n) is 8.80. The van der Waals surface area contributed by atoms with Gasteiger partial charge in [-0.2, -0.15) is 0 Å². The summed E-state index contributed by atoms with van der Waals surface area (Å²) >= 11 is 0. The van der Waals surface area contributed by atoms with Crippen molar-refractivity contribution >= 4 is 11.8 Å². The number of hydrogen-bond donors (Lipinski definition) is 3. The third-order valence-corrected chi connectivity index (χ3v) is 1.76. The molecule has 1 atom stereocenters. The van der Waals surface area contributed by atoms with Gasteiger partial charge in [-0.15, -0.1) is 0 Å². The molecule has 5 heteroatoms. The summed E-state index contributed by atoms with van der Waals surface area (Å²) < 4.78 is 0. The maximum Gasteiger partial charge on any atom is 0.236 e. The van der Waals surface area contributed by atoms with Crippen LogP contribution in [-0.4, -0.2) is 30.9 Å². The Hall–Kier alpha value is -1.10. The van der Waals surface area contributed by atoms with E-state index in [0.717, 1.165) is 6.42 Å². The number of primary amides is 1. The molecule has 2 amide bonds. The topological polar surface area (TPSA) is 84.2 Å². The fraction of sp³-hybridized carbons (Fsp3) is 0.778. The number of rotatable bonds is 7. The molecule has 0 aliphatic carbocycles. The zero-order valence-corrected chi connectivity index (χ0v) is 8.80. The molecule has 0 aromatic heterocycles. The lowest BCUT2D eigenvalue weighted by molar-refractivity contribution is -0.123. The Bertz CT molecular complexity index is 194. The quantitative estimate of drug-likeness (QED) is 0.512. The van der Waals surface area contributed by atoms with Crippen LogP contribution in [0, 0.1) is 0 Å². The molecule has 5 nitrogen and oxygen atoms in total. The summed E-state index contributed by atoms with van der Waals surface area (Å²) in [5.41, 5.74) is 4.96. The third kappa shape index (κ3) is 6.42. The van der Waals surface area contributed by atoms with Gasteiger partial charge < -0.3 is 16.4 Å². The van der Waals surface area contributed by atoms with Crippen molar-refractivity contribution in [2.45, 2.75) is 32.7 Å². The summed E-state index contributed by atoms with van der Waals surface area (Å²) in [4.78, 5) is 21.7. The maximum absolute atomic E-state index is 11.3. The molecular formula is C9H19N3O2. The number of nitrogens with one attached hydrogen (secondary N) is 2. The lowest BCUT2D eigenvalue weighted by Crippen LogP contribution is -2.43. The van der Waals surface area contributed by atoms with Crippen molar-refractivity contribution in [3.8, 4) is 0 Å². The maximum atomic E-state index is 11.3. The summed E-state index contributed by atoms with van der Waals surface area (Å²) in [5.74, 6) is -0.407. The Morgan fingerprint density at radius 2 is 2.00 bits per heavy atom. The first-order valence-corrected chi connectivity index (χ1v) is 4.87. The van der Waals surface area contributed by atoms with Crippen molar-refractivity contribution in [1.82, 2.24) is 10.6 Å². The van der Waals surface area contributed by atoms with Crippen LogP contribution in [0.1, 0.15) is 26.7 Å². The fourth-order valence-electron chi connectivity index (χ4n) is 0.906. The predicted octanol–water partition coefficient (Wildman–Crippen LogP) is -0.634. The molecular weight excluding hydrogens is 182 g/mol. The number of carbonyl (C=O) groups excluding carboxylic acids is 2. The van der Waals surface area contributed by atoms with Gasteiger partial charge in [-0.1, -0.05) is 6.92 Å². The van der Waals surface area contributed by atoms with Crippen LogP contribution in [0.4, 0.5) is 0 Å². The Kier molecular flexibility index (Phi) is 6.74. The van der Waals surface area contributed by atoms with Crippen LogP contribution in [-0.2, 0) is 9.59 Å². The van der Waals surface area contributed by atoms with Gasteiger partial charge in [0.2, 0.25) is 11.8 Å². The summed E-state index contributed by atoms with van der Waals surface area (Å²) in [6, 6.07) is -0.277. The van der Waals surface area contributed by atoms with Crippen LogP contribution in [0.15, 0.2) is 0 Å². The van der Waals surface area contributed by atoms with E-state index in [4.69, 9.17) is 5.73 Å². The number of nitrogens with two attached hydrogens (primary N) is 1. The van der Waals surface area contributed by atoms with Gasteiger partial charge in [0, 0.05) is 19.5 Å². The van der Waals surface area contributed by atoms with E-state index in [1.165, 1.54) is 0 Å². The monoisotopic (exact) mass is 201 g/mol. The van der Waals surface area contributed by atoms with Crippen LogP contribution < -0.4 is 16.4 Å². The van der Waals surface area contributed by atoms with E-state index in [0.29, 0.717) is 13.1 Å². The largest absolute Gasteiger partial charge is 0.370 e. The van der Waals surface area contributed by atoms with E-state index in [-0.39, 0.29) is 24.3 Å². The highest BCUT2D eigenvalue weighted by atomic mass is 16.2. The third-order valence-electron chi connectivity index (χ3n) is 1.76. The Morgan fingerprint density at radius 3 is 2.50 bits per heavy atom. The molecule has 82 valence electrons. The molecule has 0 fully saturated rings. The molecule has 0 saturated carbocycles. The van der Waals surface area contributed by atoms with E-state index in [9.17, 15) is 9.59 Å². The molecule has 0 aromatic rings. The summed E-state index contributed by atoms with van der Waals surface area (Å²) in [5, 5.41) is 5.66. The molecule has 0 saturated heterocycles. The molecule has 1 unspecified atom stereocenters. The molecule has 0 radical (unpaired) electrons. The van der Waals surface area contributed by atoms with E-state index in [1.807, 2.05) is 6.92 Å². The standard InChI is InChI=1S/C9H19N3O2/c1-3-5-12-9(14)7(2)11-6-4-8(10)13/h7,11H,3-6H2,1-2H3,(H2,10,13)(H,12,14). The summed E-state index contributed by atoms with van der Waals surface area (Å²) in [6.07, 6.45) is 1.17. The molecule has 0 aromatic carbocycles. The van der Waals surface area contributed by atoms with Crippen LogP contribution in [0.3, 0.4) is 0 Å². The van der Waals surface area contributed by atoms with Crippen LogP contribution in [0.25, 0.3) is 0 Å². The second kappa shape index (κ2) is 7.32. The first kappa shape index (κ1) is 12.9. The van der Waals surface area contributed by atoms with E-state index >= 15 is 0 Å². The van der Waals surface area contributed by atoms with Crippen molar-refractivity contribution in [2.75, 3.05) is 13.1 Å². The van der Waals surface area contributed by atoms with E-state index < -0.39 is 0 Å². The number of hydrogen-bond acceptors (Lipinski definition) is 3. The smallest absolute Gasteiger partial charge is 0.236 e. The lowest BCUT2D eigenvalue weighted by Gasteiger charge is -2.12.